The zero-order valence-electron chi connectivity index (χ0n) is 15.9. The van der Waals surface area contributed by atoms with Crippen LogP contribution in [0.25, 0.3) is 0 Å². The summed E-state index contributed by atoms with van der Waals surface area (Å²) in [5, 5.41) is 5.36. The van der Waals surface area contributed by atoms with Crippen molar-refractivity contribution in [2.24, 2.45) is 0 Å². The summed E-state index contributed by atoms with van der Waals surface area (Å²) < 4.78 is 16.2. The average molecular weight is 382 g/mol. The van der Waals surface area contributed by atoms with Crippen LogP contribution in [0.3, 0.4) is 0 Å². The lowest BCUT2D eigenvalue weighted by atomic mass is 9.95. The van der Waals surface area contributed by atoms with Gasteiger partial charge in [0.25, 0.3) is 0 Å². The molecule has 146 valence electrons. The van der Waals surface area contributed by atoms with Gasteiger partial charge in [0.15, 0.2) is 11.5 Å². The summed E-state index contributed by atoms with van der Waals surface area (Å²) in [6.07, 6.45) is 0. The fourth-order valence-electron chi connectivity index (χ4n) is 3.05. The lowest BCUT2D eigenvalue weighted by Gasteiger charge is -2.28. The number of methoxy groups -OCH3 is 2. The first-order valence-corrected chi connectivity index (χ1v) is 8.74. The number of carbonyl (C=O) groups excluding carboxylic acids is 2. The lowest BCUT2D eigenvalue weighted by Crippen LogP contribution is -2.45. The van der Waals surface area contributed by atoms with Gasteiger partial charge in [0.2, 0.25) is 0 Å². The van der Waals surface area contributed by atoms with Crippen molar-refractivity contribution in [2.75, 3.05) is 14.2 Å². The molecule has 7 nitrogen and oxygen atoms in total. The molecule has 0 fully saturated rings. The van der Waals surface area contributed by atoms with Crippen LogP contribution in [0.5, 0.6) is 11.5 Å². The number of amides is 2. The van der Waals surface area contributed by atoms with E-state index in [4.69, 9.17) is 14.2 Å². The third kappa shape index (κ3) is 4.09. The van der Waals surface area contributed by atoms with E-state index in [1.54, 1.807) is 32.2 Å². The van der Waals surface area contributed by atoms with Crippen LogP contribution in [0.1, 0.15) is 24.1 Å². The number of hydrogen-bond acceptors (Lipinski definition) is 5. The number of nitrogens with one attached hydrogen (secondary N) is 2. The highest BCUT2D eigenvalue weighted by Crippen LogP contribution is 2.34. The van der Waals surface area contributed by atoms with Crippen molar-refractivity contribution >= 4 is 12.0 Å². The molecule has 0 radical (unpaired) electrons. The van der Waals surface area contributed by atoms with Gasteiger partial charge in [-0.1, -0.05) is 36.4 Å². The summed E-state index contributed by atoms with van der Waals surface area (Å²) in [4.78, 5) is 24.2. The van der Waals surface area contributed by atoms with E-state index in [9.17, 15) is 9.59 Å². The summed E-state index contributed by atoms with van der Waals surface area (Å²) >= 11 is 0. The predicted octanol–water partition coefficient (Wildman–Crippen LogP) is 3.08. The maximum atomic E-state index is 12.3. The van der Waals surface area contributed by atoms with Crippen molar-refractivity contribution in [3.63, 3.8) is 0 Å². The Morgan fingerprint density at radius 1 is 1.07 bits per heavy atom. The van der Waals surface area contributed by atoms with Crippen LogP contribution in [0.15, 0.2) is 59.8 Å². The summed E-state index contributed by atoms with van der Waals surface area (Å²) in [5.74, 6) is 0.552. The van der Waals surface area contributed by atoms with Crippen molar-refractivity contribution < 1.29 is 23.8 Å². The van der Waals surface area contributed by atoms with E-state index in [1.165, 1.54) is 7.11 Å². The molecule has 2 aromatic rings. The van der Waals surface area contributed by atoms with Crippen LogP contribution in [0, 0.1) is 0 Å². The molecule has 1 aliphatic heterocycles. The van der Waals surface area contributed by atoms with E-state index in [0.29, 0.717) is 34.9 Å². The molecule has 0 bridgehead atoms. The molecule has 0 saturated carbocycles. The fraction of sp³-hybridized carbons (Fsp3) is 0.238. The number of hydrogen-bond donors (Lipinski definition) is 2. The smallest absolute Gasteiger partial charge is 0.337 e. The van der Waals surface area contributed by atoms with Crippen molar-refractivity contribution in [2.45, 2.75) is 19.6 Å². The van der Waals surface area contributed by atoms with E-state index in [1.807, 2.05) is 30.3 Å². The molecule has 1 heterocycles. The van der Waals surface area contributed by atoms with Crippen LogP contribution in [-0.2, 0) is 16.1 Å². The van der Waals surface area contributed by atoms with Crippen molar-refractivity contribution in [1.29, 1.82) is 0 Å². The van der Waals surface area contributed by atoms with Gasteiger partial charge in [-0.05, 0) is 30.2 Å². The highest BCUT2D eigenvalue weighted by Gasteiger charge is 2.32. The van der Waals surface area contributed by atoms with E-state index in [2.05, 4.69) is 10.6 Å². The topological polar surface area (TPSA) is 85.9 Å². The molecule has 28 heavy (non-hydrogen) atoms. The largest absolute Gasteiger partial charge is 0.493 e. The lowest BCUT2D eigenvalue weighted by molar-refractivity contribution is -0.136. The van der Waals surface area contributed by atoms with Gasteiger partial charge in [0, 0.05) is 5.70 Å². The SMILES string of the molecule is COC(=O)C1=C(C)NC(=O)NC1c1ccc(OC)c(OCc2ccccc2)c1. The molecule has 2 amide bonds. The minimum Gasteiger partial charge on any atom is -0.493 e. The molecule has 1 unspecified atom stereocenters. The van der Waals surface area contributed by atoms with Gasteiger partial charge in [-0.25, -0.2) is 9.59 Å². The maximum Gasteiger partial charge on any atom is 0.337 e. The van der Waals surface area contributed by atoms with E-state index in [-0.39, 0.29) is 0 Å². The second kappa shape index (κ2) is 8.47. The summed E-state index contributed by atoms with van der Waals surface area (Å²) in [6.45, 7) is 2.02. The van der Waals surface area contributed by atoms with E-state index >= 15 is 0 Å². The molecular formula is C21H22N2O5. The van der Waals surface area contributed by atoms with Gasteiger partial charge in [0.05, 0.1) is 25.8 Å². The highest BCUT2D eigenvalue weighted by molar-refractivity contribution is 5.95. The van der Waals surface area contributed by atoms with Crippen LogP contribution >= 0.6 is 0 Å². The van der Waals surface area contributed by atoms with Crippen molar-refractivity contribution in [1.82, 2.24) is 10.6 Å². The summed E-state index contributed by atoms with van der Waals surface area (Å²) in [5.41, 5.74) is 2.47. The Balaban J connectivity index is 1.94. The quantitative estimate of drug-likeness (QED) is 0.750. The molecule has 1 aliphatic rings. The minimum absolute atomic E-state index is 0.335. The molecule has 0 aliphatic carbocycles. The van der Waals surface area contributed by atoms with Crippen molar-refractivity contribution in [3.8, 4) is 11.5 Å². The Morgan fingerprint density at radius 3 is 2.50 bits per heavy atom. The van der Waals surface area contributed by atoms with Gasteiger partial charge in [-0.2, -0.15) is 0 Å². The summed E-state index contributed by atoms with van der Waals surface area (Å²) in [6, 6.07) is 14.0. The number of esters is 1. The number of carbonyl (C=O) groups is 2. The maximum absolute atomic E-state index is 12.3. The third-order valence-electron chi connectivity index (χ3n) is 4.43. The fourth-order valence-corrected chi connectivity index (χ4v) is 3.05. The second-order valence-electron chi connectivity index (χ2n) is 6.25. The van der Waals surface area contributed by atoms with E-state index < -0.39 is 18.0 Å². The van der Waals surface area contributed by atoms with Gasteiger partial charge in [-0.15, -0.1) is 0 Å². The number of urea groups is 1. The Labute approximate surface area is 163 Å². The molecule has 2 N–H and O–H groups in total. The number of rotatable bonds is 6. The number of benzene rings is 2. The van der Waals surface area contributed by atoms with Gasteiger partial charge >= 0.3 is 12.0 Å². The number of allylic oxidation sites excluding steroid dienone is 1. The monoisotopic (exact) mass is 382 g/mol. The van der Waals surface area contributed by atoms with Crippen LogP contribution in [0.2, 0.25) is 0 Å². The Hall–Kier alpha value is -3.48. The predicted molar refractivity (Wildman–Crippen MR) is 103 cm³/mol. The van der Waals surface area contributed by atoms with E-state index in [0.717, 1.165) is 5.56 Å². The Kier molecular flexibility index (Phi) is 5.84. The first-order valence-electron chi connectivity index (χ1n) is 8.74. The van der Waals surface area contributed by atoms with Crippen LogP contribution in [-0.4, -0.2) is 26.2 Å². The first-order chi connectivity index (χ1) is 13.5. The molecule has 3 rings (SSSR count). The second-order valence-corrected chi connectivity index (χ2v) is 6.25. The molecule has 2 aromatic carbocycles. The first kappa shape index (κ1) is 19.3. The molecular weight excluding hydrogens is 360 g/mol. The zero-order valence-corrected chi connectivity index (χ0v) is 15.9. The zero-order chi connectivity index (χ0) is 20.1. The molecule has 0 saturated heterocycles. The van der Waals surface area contributed by atoms with Gasteiger partial charge in [-0.3, -0.25) is 0 Å². The third-order valence-corrected chi connectivity index (χ3v) is 4.43. The molecule has 0 aromatic heterocycles. The average Bonchev–Trinajstić information content (AvgIpc) is 2.71. The van der Waals surface area contributed by atoms with Crippen LogP contribution < -0.4 is 20.1 Å². The van der Waals surface area contributed by atoms with Gasteiger partial charge < -0.3 is 24.8 Å². The Morgan fingerprint density at radius 2 is 1.82 bits per heavy atom. The minimum atomic E-state index is -0.661. The standard InChI is InChI=1S/C21H22N2O5/c1-13-18(20(24)27-3)19(23-21(25)22-13)15-9-10-16(26-2)17(11-15)28-12-14-7-5-4-6-8-14/h4-11,19H,12H2,1-3H3,(H2,22,23,25). The normalized spacial score (nSPS) is 16.1. The highest BCUT2D eigenvalue weighted by atomic mass is 16.5. The summed E-state index contributed by atoms with van der Waals surface area (Å²) in [7, 11) is 2.86. The molecule has 7 heteroatoms. The number of ether oxygens (including phenoxy) is 3. The molecule has 1 atom stereocenters. The Bertz CT molecular complexity index is 908. The van der Waals surface area contributed by atoms with Crippen LogP contribution in [0.4, 0.5) is 4.79 Å². The van der Waals surface area contributed by atoms with Crippen molar-refractivity contribution in [3.05, 3.63) is 70.9 Å². The van der Waals surface area contributed by atoms with Gasteiger partial charge in [0.1, 0.15) is 6.61 Å². The molecule has 0 spiro atoms.